The molecule has 0 saturated carbocycles. The molecule has 0 spiro atoms. The van der Waals surface area contributed by atoms with Crippen molar-refractivity contribution in [1.29, 1.82) is 0 Å². The fourth-order valence-electron chi connectivity index (χ4n) is 5.28. The van der Waals surface area contributed by atoms with E-state index in [1.54, 1.807) is 0 Å². The highest BCUT2D eigenvalue weighted by molar-refractivity contribution is 5.83. The van der Waals surface area contributed by atoms with Crippen molar-refractivity contribution in [3.05, 3.63) is 48.0 Å². The van der Waals surface area contributed by atoms with Crippen molar-refractivity contribution < 1.29 is 4.79 Å². The van der Waals surface area contributed by atoms with Gasteiger partial charge in [0, 0.05) is 58.9 Å². The summed E-state index contributed by atoms with van der Waals surface area (Å²) in [7, 11) is 2.21. The monoisotopic (exact) mass is 436 g/mol. The van der Waals surface area contributed by atoms with Crippen LogP contribution in [0.25, 0.3) is 10.8 Å². The molecule has 0 aliphatic carbocycles. The molecule has 2 aliphatic rings. The number of nitrogens with zero attached hydrogens (tertiary/aromatic N) is 3. The first-order chi connectivity index (χ1) is 15.6. The van der Waals surface area contributed by atoms with E-state index in [1.807, 2.05) is 0 Å². The molecule has 2 fully saturated rings. The van der Waals surface area contributed by atoms with Crippen LogP contribution in [0.1, 0.15) is 31.7 Å². The molecule has 0 aromatic heterocycles. The summed E-state index contributed by atoms with van der Waals surface area (Å²) in [6.07, 6.45) is 3.19. The maximum atomic E-state index is 13.0. The summed E-state index contributed by atoms with van der Waals surface area (Å²) in [5, 5.41) is 5.79. The molecular weight excluding hydrogens is 396 g/mol. The Labute approximate surface area is 193 Å². The number of benzene rings is 2. The third-order valence-corrected chi connectivity index (χ3v) is 7.15. The van der Waals surface area contributed by atoms with E-state index >= 15 is 0 Å². The lowest BCUT2D eigenvalue weighted by atomic mass is 9.87. The first-order valence-corrected chi connectivity index (χ1v) is 12.5. The molecule has 32 heavy (non-hydrogen) atoms. The molecule has 0 unspecified atom stereocenters. The van der Waals surface area contributed by atoms with E-state index in [9.17, 15) is 4.79 Å². The van der Waals surface area contributed by atoms with Crippen LogP contribution in [0.4, 0.5) is 0 Å². The highest BCUT2D eigenvalue weighted by atomic mass is 16.1. The van der Waals surface area contributed by atoms with Gasteiger partial charge >= 0.3 is 0 Å². The number of likely N-dealkylation sites (tertiary alicyclic amines) is 1. The van der Waals surface area contributed by atoms with Gasteiger partial charge in [-0.2, -0.15) is 0 Å². The molecule has 2 atom stereocenters. The molecule has 4 rings (SSSR count). The summed E-state index contributed by atoms with van der Waals surface area (Å²) in [6, 6.07) is 15.4. The van der Waals surface area contributed by atoms with Gasteiger partial charge in [0.15, 0.2) is 0 Å². The Hall–Kier alpha value is -1.95. The van der Waals surface area contributed by atoms with E-state index in [0.29, 0.717) is 5.92 Å². The van der Waals surface area contributed by atoms with Crippen LogP contribution in [0, 0.1) is 11.8 Å². The number of hydrogen-bond donors (Lipinski definition) is 1. The van der Waals surface area contributed by atoms with Crippen molar-refractivity contribution in [3.63, 3.8) is 0 Å². The number of carbonyl (C=O) groups is 1. The third-order valence-electron chi connectivity index (χ3n) is 7.15. The molecule has 2 heterocycles. The van der Waals surface area contributed by atoms with Gasteiger partial charge in [0.1, 0.15) is 0 Å². The Morgan fingerprint density at radius 2 is 1.78 bits per heavy atom. The smallest absolute Gasteiger partial charge is 0.224 e. The van der Waals surface area contributed by atoms with Crippen LogP contribution >= 0.6 is 0 Å². The number of carbonyl (C=O) groups excluding carboxylic acids is 1. The fourth-order valence-corrected chi connectivity index (χ4v) is 5.28. The third kappa shape index (κ3) is 6.31. The van der Waals surface area contributed by atoms with Crippen molar-refractivity contribution in [2.24, 2.45) is 11.8 Å². The molecule has 1 N–H and O–H groups in total. The minimum Gasteiger partial charge on any atom is -0.356 e. The van der Waals surface area contributed by atoms with E-state index in [-0.39, 0.29) is 11.8 Å². The number of fused-ring (bicyclic) bond motifs is 1. The molecule has 5 heteroatoms. The van der Waals surface area contributed by atoms with Crippen LogP contribution in [0.5, 0.6) is 0 Å². The van der Waals surface area contributed by atoms with Gasteiger partial charge in [-0.05, 0) is 48.2 Å². The van der Waals surface area contributed by atoms with Crippen LogP contribution in [0.2, 0.25) is 0 Å². The SMILES string of the molecule is CCCCNC(=O)[C@@H]1C[C@H](CN2CCN(C)CC2)CN(Cc2ccc3ccccc3c2)C1. The van der Waals surface area contributed by atoms with Crippen molar-refractivity contribution in [2.75, 3.05) is 59.4 Å². The second-order valence-corrected chi connectivity index (χ2v) is 9.92. The Kier molecular flexibility index (Phi) is 8.17. The van der Waals surface area contributed by atoms with E-state index in [4.69, 9.17) is 0 Å². The van der Waals surface area contributed by atoms with E-state index in [1.165, 1.54) is 16.3 Å². The molecule has 2 aliphatic heterocycles. The van der Waals surface area contributed by atoms with Crippen LogP contribution in [-0.2, 0) is 11.3 Å². The Morgan fingerprint density at radius 1 is 1.00 bits per heavy atom. The number of unbranched alkanes of at least 4 members (excludes halogenated alkanes) is 1. The number of piperidine rings is 1. The maximum Gasteiger partial charge on any atom is 0.224 e. The van der Waals surface area contributed by atoms with Gasteiger partial charge in [0.2, 0.25) is 5.91 Å². The van der Waals surface area contributed by atoms with Gasteiger partial charge in [-0.25, -0.2) is 0 Å². The summed E-state index contributed by atoms with van der Waals surface area (Å²) in [4.78, 5) is 20.5. The summed E-state index contributed by atoms with van der Waals surface area (Å²) < 4.78 is 0. The highest BCUT2D eigenvalue weighted by Crippen LogP contribution is 2.26. The fraction of sp³-hybridized carbons (Fsp3) is 0.593. The largest absolute Gasteiger partial charge is 0.356 e. The molecule has 5 nitrogen and oxygen atoms in total. The number of hydrogen-bond acceptors (Lipinski definition) is 4. The second kappa shape index (κ2) is 11.3. The van der Waals surface area contributed by atoms with Crippen LogP contribution < -0.4 is 5.32 Å². The second-order valence-electron chi connectivity index (χ2n) is 9.92. The lowest BCUT2D eigenvalue weighted by Gasteiger charge is -2.41. The maximum absolute atomic E-state index is 13.0. The predicted octanol–water partition coefficient (Wildman–Crippen LogP) is 3.44. The lowest BCUT2D eigenvalue weighted by Crippen LogP contribution is -2.51. The van der Waals surface area contributed by atoms with Crippen molar-refractivity contribution in [2.45, 2.75) is 32.7 Å². The van der Waals surface area contributed by atoms with Crippen molar-refractivity contribution >= 4 is 16.7 Å². The van der Waals surface area contributed by atoms with Gasteiger partial charge in [-0.3, -0.25) is 9.69 Å². The van der Waals surface area contributed by atoms with E-state index < -0.39 is 0 Å². The van der Waals surface area contributed by atoms with Gasteiger partial charge in [0.05, 0.1) is 5.92 Å². The minimum absolute atomic E-state index is 0.0959. The number of piperazine rings is 1. The first kappa shape index (κ1) is 23.2. The zero-order chi connectivity index (χ0) is 22.3. The highest BCUT2D eigenvalue weighted by Gasteiger charge is 2.32. The normalized spacial score (nSPS) is 23.4. The zero-order valence-electron chi connectivity index (χ0n) is 19.9. The van der Waals surface area contributed by atoms with Gasteiger partial charge in [0.25, 0.3) is 0 Å². The summed E-state index contributed by atoms with van der Waals surface area (Å²) in [5.74, 6) is 0.901. The number of likely N-dealkylation sites (N-methyl/N-ethyl adjacent to an activating group) is 1. The number of rotatable bonds is 8. The summed E-state index contributed by atoms with van der Waals surface area (Å²) >= 11 is 0. The Morgan fingerprint density at radius 3 is 2.56 bits per heavy atom. The quantitative estimate of drug-likeness (QED) is 0.644. The van der Waals surface area contributed by atoms with Gasteiger partial charge < -0.3 is 15.1 Å². The molecule has 2 aromatic rings. The molecule has 0 radical (unpaired) electrons. The van der Waals surface area contributed by atoms with Crippen molar-refractivity contribution in [3.8, 4) is 0 Å². The molecular formula is C27H40N4O. The zero-order valence-corrected chi connectivity index (χ0v) is 19.9. The number of amides is 1. The molecule has 1 amide bonds. The van der Waals surface area contributed by atoms with Crippen LogP contribution in [0.15, 0.2) is 42.5 Å². The Balaban J connectivity index is 1.43. The molecule has 2 saturated heterocycles. The average molecular weight is 437 g/mol. The summed E-state index contributed by atoms with van der Waals surface area (Å²) in [6.45, 7) is 11.5. The summed E-state index contributed by atoms with van der Waals surface area (Å²) in [5.41, 5.74) is 1.34. The molecule has 2 aromatic carbocycles. The predicted molar refractivity (Wildman–Crippen MR) is 133 cm³/mol. The van der Waals surface area contributed by atoms with E-state index in [0.717, 1.165) is 78.2 Å². The standard InChI is InChI=1S/C27H40N4O/c1-3-4-11-28-27(32)26-17-23(19-30-14-12-29(2)13-15-30)20-31(21-26)18-22-9-10-24-7-5-6-8-25(24)16-22/h5-10,16,23,26H,3-4,11-15,17-21H2,1-2H3,(H,28,32)/t23-,26-/m1/s1. The molecule has 174 valence electrons. The van der Waals surface area contributed by atoms with Crippen LogP contribution in [-0.4, -0.2) is 80.0 Å². The minimum atomic E-state index is 0.0959. The topological polar surface area (TPSA) is 38.8 Å². The van der Waals surface area contributed by atoms with Crippen molar-refractivity contribution in [1.82, 2.24) is 20.0 Å². The lowest BCUT2D eigenvalue weighted by molar-refractivity contribution is -0.127. The first-order valence-electron chi connectivity index (χ1n) is 12.5. The van der Waals surface area contributed by atoms with Gasteiger partial charge in [-0.1, -0.05) is 49.7 Å². The van der Waals surface area contributed by atoms with Crippen LogP contribution in [0.3, 0.4) is 0 Å². The molecule has 0 bridgehead atoms. The number of nitrogens with one attached hydrogen (secondary N) is 1. The average Bonchev–Trinajstić information content (AvgIpc) is 2.80. The Bertz CT molecular complexity index is 877. The van der Waals surface area contributed by atoms with Gasteiger partial charge in [-0.15, -0.1) is 0 Å². The van der Waals surface area contributed by atoms with E-state index in [2.05, 4.69) is 76.5 Å².